The Labute approximate surface area is 130 Å². The van der Waals surface area contributed by atoms with Crippen LogP contribution in [0.2, 0.25) is 0 Å². The number of anilines is 3. The lowest BCUT2D eigenvalue weighted by Gasteiger charge is -2.17. The molecule has 3 rings (SSSR count). The number of nitrogens with one attached hydrogen (secondary N) is 3. The van der Waals surface area contributed by atoms with Gasteiger partial charge in [0.2, 0.25) is 5.95 Å². The van der Waals surface area contributed by atoms with Gasteiger partial charge in [0.15, 0.2) is 11.5 Å². The van der Waals surface area contributed by atoms with Crippen LogP contribution in [0.25, 0.3) is 0 Å². The summed E-state index contributed by atoms with van der Waals surface area (Å²) >= 11 is 0. The number of carboxylic acid groups (broad SMARTS) is 1. The molecule has 2 aromatic rings. The minimum atomic E-state index is -1.22. The topological polar surface area (TPSA) is 148 Å². The highest BCUT2D eigenvalue weighted by Crippen LogP contribution is 2.21. The molecule has 1 aromatic heterocycles. The maximum atomic E-state index is 11.8. The maximum absolute atomic E-state index is 11.8. The minimum Gasteiger partial charge on any atom is -0.545 e. The molecule has 0 saturated carbocycles. The van der Waals surface area contributed by atoms with Crippen molar-refractivity contribution in [3.8, 4) is 0 Å². The van der Waals surface area contributed by atoms with Crippen molar-refractivity contribution in [2.45, 2.75) is 0 Å². The zero-order valence-corrected chi connectivity index (χ0v) is 11.9. The molecule has 1 aliphatic rings. The largest absolute Gasteiger partial charge is 0.545 e. The van der Waals surface area contributed by atoms with Gasteiger partial charge in [-0.15, -0.1) is 0 Å². The Bertz CT molecular complexity index is 841. The molecule has 0 fully saturated rings. The molecule has 0 aliphatic carbocycles. The van der Waals surface area contributed by atoms with E-state index < -0.39 is 11.5 Å². The smallest absolute Gasteiger partial charge is 0.280 e. The van der Waals surface area contributed by atoms with E-state index in [1.165, 1.54) is 12.1 Å². The normalized spacial score (nSPS) is 12.8. The van der Waals surface area contributed by atoms with Gasteiger partial charge in [0.05, 0.1) is 24.8 Å². The van der Waals surface area contributed by atoms with Crippen molar-refractivity contribution in [2.75, 3.05) is 29.5 Å². The Kier molecular flexibility index (Phi) is 3.67. The first-order valence-corrected chi connectivity index (χ1v) is 6.78. The van der Waals surface area contributed by atoms with Crippen molar-refractivity contribution in [1.82, 2.24) is 9.97 Å². The summed E-state index contributed by atoms with van der Waals surface area (Å²) in [6.07, 6.45) is 0. The van der Waals surface area contributed by atoms with Crippen molar-refractivity contribution in [2.24, 2.45) is 4.99 Å². The maximum Gasteiger partial charge on any atom is 0.280 e. The minimum absolute atomic E-state index is 0.0334. The first-order valence-electron chi connectivity index (χ1n) is 6.78. The van der Waals surface area contributed by atoms with Gasteiger partial charge >= 0.3 is 0 Å². The van der Waals surface area contributed by atoms with Crippen LogP contribution < -0.4 is 27.0 Å². The van der Waals surface area contributed by atoms with Gasteiger partial charge in [-0.2, -0.15) is 4.98 Å². The number of aromatic nitrogens is 2. The van der Waals surface area contributed by atoms with Gasteiger partial charge in [-0.1, -0.05) is 12.1 Å². The second kappa shape index (κ2) is 5.79. The van der Waals surface area contributed by atoms with Crippen LogP contribution >= 0.6 is 0 Å². The fraction of sp³-hybridized carbons (Fsp3) is 0.143. The number of nitrogens with two attached hydrogens (primary N) is 1. The Morgan fingerprint density at radius 1 is 1.35 bits per heavy atom. The molecule has 9 nitrogen and oxygen atoms in total. The summed E-state index contributed by atoms with van der Waals surface area (Å²) in [5, 5.41) is 16.8. The Hall–Kier alpha value is -3.36. The molecule has 0 unspecified atom stereocenters. The monoisotopic (exact) mass is 313 g/mol. The zero-order valence-electron chi connectivity index (χ0n) is 11.9. The summed E-state index contributed by atoms with van der Waals surface area (Å²) in [6.45, 7) is 0.813. The molecule has 0 atom stereocenters. The fourth-order valence-corrected chi connectivity index (χ4v) is 2.13. The van der Waals surface area contributed by atoms with Gasteiger partial charge in [0.25, 0.3) is 5.56 Å². The third kappa shape index (κ3) is 3.12. The van der Waals surface area contributed by atoms with E-state index in [9.17, 15) is 14.7 Å². The summed E-state index contributed by atoms with van der Waals surface area (Å²) < 4.78 is 0. The molecule has 2 heterocycles. The lowest BCUT2D eigenvalue weighted by atomic mass is 10.2. The number of H-pyrrole nitrogens is 1. The van der Waals surface area contributed by atoms with Gasteiger partial charge in [-0.3, -0.25) is 9.78 Å². The number of aliphatic imine (C=N–C) groups is 1. The second-order valence-electron chi connectivity index (χ2n) is 4.90. The second-order valence-corrected chi connectivity index (χ2v) is 4.90. The number of rotatable bonds is 4. The molecular formula is C14H13N6O3-. The lowest BCUT2D eigenvalue weighted by Crippen LogP contribution is -2.28. The Morgan fingerprint density at radius 2 is 2.09 bits per heavy atom. The van der Waals surface area contributed by atoms with Crippen molar-refractivity contribution >= 4 is 34.8 Å². The number of nitrogen functional groups attached to an aromatic ring is 1. The molecular weight excluding hydrogens is 300 g/mol. The number of hydrogen-bond acceptors (Lipinski definition) is 8. The van der Waals surface area contributed by atoms with E-state index in [0.29, 0.717) is 24.6 Å². The zero-order chi connectivity index (χ0) is 16.4. The SMILES string of the molecule is Nc1nc2c(c(=O)[nH]1)N=C(CNc1ccc(C(=O)[O-])cc1)CN2. The molecule has 9 heteroatoms. The third-order valence-corrected chi connectivity index (χ3v) is 3.26. The lowest BCUT2D eigenvalue weighted by molar-refractivity contribution is -0.255. The number of carbonyl (C=O) groups excluding carboxylic acids is 1. The van der Waals surface area contributed by atoms with Gasteiger partial charge in [0, 0.05) is 5.69 Å². The number of nitrogens with zero attached hydrogens (tertiary/aromatic N) is 2. The van der Waals surface area contributed by atoms with Crippen molar-refractivity contribution < 1.29 is 9.90 Å². The summed E-state index contributed by atoms with van der Waals surface area (Å²) in [7, 11) is 0. The number of carboxylic acids is 1. The highest BCUT2D eigenvalue weighted by molar-refractivity contribution is 5.97. The summed E-state index contributed by atoms with van der Waals surface area (Å²) in [5.74, 6) is -0.834. The van der Waals surface area contributed by atoms with E-state index in [1.807, 2.05) is 0 Å². The van der Waals surface area contributed by atoms with Crippen LogP contribution in [0.1, 0.15) is 10.4 Å². The molecule has 0 amide bonds. The van der Waals surface area contributed by atoms with Crippen molar-refractivity contribution in [3.63, 3.8) is 0 Å². The number of benzene rings is 1. The first kappa shape index (κ1) is 14.6. The van der Waals surface area contributed by atoms with Crippen LogP contribution in [-0.4, -0.2) is 34.7 Å². The van der Waals surface area contributed by atoms with Crippen LogP contribution in [-0.2, 0) is 0 Å². The number of aromatic amines is 1. The predicted octanol–water partition coefficient (Wildman–Crippen LogP) is -0.674. The van der Waals surface area contributed by atoms with Crippen LogP contribution in [0.5, 0.6) is 0 Å². The van der Waals surface area contributed by atoms with Crippen molar-refractivity contribution in [3.05, 3.63) is 40.2 Å². The summed E-state index contributed by atoms with van der Waals surface area (Å²) in [6, 6.07) is 6.16. The molecule has 0 saturated heterocycles. The quantitative estimate of drug-likeness (QED) is 0.584. The van der Waals surface area contributed by atoms with Crippen LogP contribution in [0, 0.1) is 0 Å². The molecule has 23 heavy (non-hydrogen) atoms. The number of aromatic carboxylic acids is 1. The average molecular weight is 313 g/mol. The van der Waals surface area contributed by atoms with E-state index in [0.717, 1.165) is 5.69 Å². The average Bonchev–Trinajstić information content (AvgIpc) is 2.53. The summed E-state index contributed by atoms with van der Waals surface area (Å²) in [4.78, 5) is 33.1. The van der Waals surface area contributed by atoms with Gasteiger partial charge < -0.3 is 26.3 Å². The predicted molar refractivity (Wildman–Crippen MR) is 84.1 cm³/mol. The standard InChI is InChI=1S/C14H14N6O3/c15-14-19-11-10(12(21)20-14)18-9(6-17-11)5-16-8-3-1-7(2-4-8)13(22)23/h1-4,16H,5-6H2,(H,22,23)(H4,15,17,19,20,21)/p-1. The van der Waals surface area contributed by atoms with E-state index in [2.05, 4.69) is 25.6 Å². The van der Waals surface area contributed by atoms with E-state index in [4.69, 9.17) is 5.73 Å². The molecule has 118 valence electrons. The highest BCUT2D eigenvalue weighted by atomic mass is 16.4. The molecule has 0 radical (unpaired) electrons. The molecule has 1 aromatic carbocycles. The molecule has 0 bridgehead atoms. The summed E-state index contributed by atoms with van der Waals surface area (Å²) in [5.41, 5.74) is 6.80. The van der Waals surface area contributed by atoms with Crippen LogP contribution in [0.15, 0.2) is 34.1 Å². The van der Waals surface area contributed by atoms with E-state index in [-0.39, 0.29) is 17.2 Å². The Balaban J connectivity index is 1.72. The first-order chi connectivity index (χ1) is 11.0. The van der Waals surface area contributed by atoms with Gasteiger partial charge in [0.1, 0.15) is 0 Å². The molecule has 1 aliphatic heterocycles. The van der Waals surface area contributed by atoms with Crippen LogP contribution in [0.4, 0.5) is 23.1 Å². The van der Waals surface area contributed by atoms with Gasteiger partial charge in [-0.05, 0) is 17.7 Å². The van der Waals surface area contributed by atoms with Crippen LogP contribution in [0.3, 0.4) is 0 Å². The number of fused-ring (bicyclic) bond motifs is 1. The highest BCUT2D eigenvalue weighted by Gasteiger charge is 2.16. The third-order valence-electron chi connectivity index (χ3n) is 3.26. The molecule has 5 N–H and O–H groups in total. The van der Waals surface area contributed by atoms with Crippen molar-refractivity contribution in [1.29, 1.82) is 0 Å². The number of carbonyl (C=O) groups is 1. The molecule has 0 spiro atoms. The van der Waals surface area contributed by atoms with E-state index >= 15 is 0 Å². The fourth-order valence-electron chi connectivity index (χ4n) is 2.13. The Morgan fingerprint density at radius 3 is 2.78 bits per heavy atom. The van der Waals surface area contributed by atoms with Gasteiger partial charge in [-0.25, -0.2) is 4.99 Å². The van der Waals surface area contributed by atoms with E-state index in [1.54, 1.807) is 12.1 Å². The number of hydrogen-bond donors (Lipinski definition) is 4.